The highest BCUT2D eigenvalue weighted by atomic mass is 16.4. The summed E-state index contributed by atoms with van der Waals surface area (Å²) in [6, 6.07) is 11.1. The number of carbonyl (C=O) groups is 2. The van der Waals surface area contributed by atoms with Gasteiger partial charge in [-0.3, -0.25) is 19.6 Å². The second kappa shape index (κ2) is 7.26. The summed E-state index contributed by atoms with van der Waals surface area (Å²) in [5, 5.41) is 14.7. The zero-order valence-electron chi connectivity index (χ0n) is 15.6. The molecule has 0 saturated carbocycles. The van der Waals surface area contributed by atoms with Crippen LogP contribution in [0.3, 0.4) is 0 Å². The topological polar surface area (TPSA) is 106 Å². The molecule has 1 unspecified atom stereocenters. The molecule has 9 heteroatoms. The molecule has 1 saturated heterocycles. The number of nitrogens with zero attached hydrogens (tertiary/aromatic N) is 5. The molecule has 0 aliphatic carbocycles. The van der Waals surface area contributed by atoms with Crippen molar-refractivity contribution in [3.8, 4) is 0 Å². The Kier molecular flexibility index (Phi) is 4.64. The van der Waals surface area contributed by atoms with Gasteiger partial charge in [-0.05, 0) is 32.0 Å². The fraction of sp³-hybridized carbons (Fsp3) is 0.316. The Hall–Kier alpha value is -3.49. The minimum Gasteiger partial charge on any atom is -0.407 e. The predicted molar refractivity (Wildman–Crippen MR) is 101 cm³/mol. The summed E-state index contributed by atoms with van der Waals surface area (Å²) in [6.45, 7) is 4.97. The van der Waals surface area contributed by atoms with Gasteiger partial charge >= 0.3 is 6.01 Å². The molecule has 0 bridgehead atoms. The molecule has 28 heavy (non-hydrogen) atoms. The number of nitrogens with one attached hydrogen (secondary N) is 1. The Bertz CT molecular complexity index is 1010. The first kappa shape index (κ1) is 17.9. The van der Waals surface area contributed by atoms with Gasteiger partial charge in [0.15, 0.2) is 5.69 Å². The fourth-order valence-electron chi connectivity index (χ4n) is 3.28. The number of aryl methyl sites for hydroxylation is 2. The molecular weight excluding hydrogens is 360 g/mol. The van der Waals surface area contributed by atoms with Crippen molar-refractivity contribution in [1.82, 2.24) is 20.0 Å². The number of benzene rings is 1. The standard InChI is InChI=1S/C19H20N6O3/c1-3-25-12(2)9-15(23-25)17(27)20-19-22-21-18(28-19)13-10-16(26)24(11-13)14-7-5-4-6-8-14/h4-9,13H,3,10-11H2,1-2H3,(H,20,22,27). The lowest BCUT2D eigenvalue weighted by Gasteiger charge is -2.15. The van der Waals surface area contributed by atoms with Gasteiger partial charge in [-0.15, -0.1) is 5.10 Å². The summed E-state index contributed by atoms with van der Waals surface area (Å²) >= 11 is 0. The van der Waals surface area contributed by atoms with Crippen molar-refractivity contribution in [2.75, 3.05) is 16.8 Å². The minimum absolute atomic E-state index is 0.000524. The van der Waals surface area contributed by atoms with E-state index < -0.39 is 5.91 Å². The van der Waals surface area contributed by atoms with Crippen molar-refractivity contribution >= 4 is 23.5 Å². The Labute approximate surface area is 161 Å². The van der Waals surface area contributed by atoms with Crippen molar-refractivity contribution < 1.29 is 14.0 Å². The molecule has 1 aromatic carbocycles. The Morgan fingerprint density at radius 1 is 1.29 bits per heavy atom. The van der Waals surface area contributed by atoms with E-state index in [4.69, 9.17) is 4.42 Å². The van der Waals surface area contributed by atoms with E-state index in [1.165, 1.54) is 0 Å². The van der Waals surface area contributed by atoms with Crippen molar-refractivity contribution in [2.45, 2.75) is 32.7 Å². The predicted octanol–water partition coefficient (Wildman–Crippen LogP) is 2.37. The molecule has 1 aliphatic heterocycles. The van der Waals surface area contributed by atoms with Crippen LogP contribution in [0.25, 0.3) is 0 Å². The third kappa shape index (κ3) is 3.38. The highest BCUT2D eigenvalue weighted by Gasteiger charge is 2.35. The SMILES string of the molecule is CCn1nc(C(=O)Nc2nnc(C3CC(=O)N(c4ccccc4)C3)o2)cc1C. The van der Waals surface area contributed by atoms with Crippen LogP contribution in [-0.4, -0.2) is 38.3 Å². The van der Waals surface area contributed by atoms with E-state index in [1.54, 1.807) is 15.6 Å². The number of anilines is 2. The van der Waals surface area contributed by atoms with Crippen LogP contribution in [0.5, 0.6) is 0 Å². The Morgan fingerprint density at radius 2 is 2.07 bits per heavy atom. The van der Waals surface area contributed by atoms with Crippen LogP contribution in [0.4, 0.5) is 11.7 Å². The van der Waals surface area contributed by atoms with Crippen LogP contribution >= 0.6 is 0 Å². The van der Waals surface area contributed by atoms with Gasteiger partial charge in [0.25, 0.3) is 5.91 Å². The lowest BCUT2D eigenvalue weighted by atomic mass is 10.1. The lowest BCUT2D eigenvalue weighted by Crippen LogP contribution is -2.24. The van der Waals surface area contributed by atoms with Crippen molar-refractivity contribution in [3.05, 3.63) is 53.7 Å². The molecule has 1 aliphatic rings. The number of rotatable bonds is 5. The van der Waals surface area contributed by atoms with Gasteiger partial charge in [0.1, 0.15) is 0 Å². The summed E-state index contributed by atoms with van der Waals surface area (Å²) in [6.07, 6.45) is 0.282. The monoisotopic (exact) mass is 380 g/mol. The van der Waals surface area contributed by atoms with Crippen molar-refractivity contribution in [3.63, 3.8) is 0 Å². The summed E-state index contributed by atoms with van der Waals surface area (Å²) in [7, 11) is 0. The third-order valence-corrected chi connectivity index (χ3v) is 4.72. The van der Waals surface area contributed by atoms with Gasteiger partial charge in [-0.1, -0.05) is 23.3 Å². The summed E-state index contributed by atoms with van der Waals surface area (Å²) < 4.78 is 7.32. The van der Waals surface area contributed by atoms with Crippen LogP contribution in [0.1, 0.15) is 41.3 Å². The largest absolute Gasteiger partial charge is 0.407 e. The molecule has 0 radical (unpaired) electrons. The highest BCUT2D eigenvalue weighted by molar-refractivity contribution is 6.01. The molecule has 1 N–H and O–H groups in total. The molecule has 9 nitrogen and oxygen atoms in total. The quantitative estimate of drug-likeness (QED) is 0.728. The van der Waals surface area contributed by atoms with Gasteiger partial charge in [-0.25, -0.2) is 0 Å². The average molecular weight is 380 g/mol. The van der Waals surface area contributed by atoms with E-state index in [1.807, 2.05) is 44.2 Å². The van der Waals surface area contributed by atoms with E-state index in [0.29, 0.717) is 19.0 Å². The molecule has 2 aromatic heterocycles. The lowest BCUT2D eigenvalue weighted by molar-refractivity contribution is -0.117. The number of hydrogen-bond donors (Lipinski definition) is 1. The first-order valence-electron chi connectivity index (χ1n) is 9.09. The molecule has 3 aromatic rings. The number of aromatic nitrogens is 4. The first-order valence-corrected chi connectivity index (χ1v) is 9.09. The molecule has 3 heterocycles. The molecule has 4 rings (SSSR count). The van der Waals surface area contributed by atoms with Crippen LogP contribution < -0.4 is 10.2 Å². The molecule has 144 valence electrons. The zero-order chi connectivity index (χ0) is 19.7. The number of amides is 2. The average Bonchev–Trinajstić information content (AvgIpc) is 3.41. The minimum atomic E-state index is -0.418. The Balaban J connectivity index is 1.44. The van der Waals surface area contributed by atoms with Crippen LogP contribution in [0, 0.1) is 6.92 Å². The van der Waals surface area contributed by atoms with Crippen molar-refractivity contribution in [1.29, 1.82) is 0 Å². The molecule has 0 spiro atoms. The third-order valence-electron chi connectivity index (χ3n) is 4.72. The van der Waals surface area contributed by atoms with Crippen molar-refractivity contribution in [2.24, 2.45) is 0 Å². The summed E-state index contributed by atoms with van der Waals surface area (Å²) in [5.41, 5.74) is 2.01. The number of hydrogen-bond acceptors (Lipinski definition) is 6. The molecule has 2 amide bonds. The van der Waals surface area contributed by atoms with E-state index in [0.717, 1.165) is 11.4 Å². The van der Waals surface area contributed by atoms with Crippen LogP contribution in [0.15, 0.2) is 40.8 Å². The van der Waals surface area contributed by atoms with Crippen LogP contribution in [-0.2, 0) is 11.3 Å². The van der Waals surface area contributed by atoms with Gasteiger partial charge < -0.3 is 9.32 Å². The van der Waals surface area contributed by atoms with E-state index >= 15 is 0 Å². The smallest absolute Gasteiger partial charge is 0.322 e. The van der Waals surface area contributed by atoms with Gasteiger partial charge in [0.2, 0.25) is 11.8 Å². The second-order valence-electron chi connectivity index (χ2n) is 6.63. The van der Waals surface area contributed by atoms with Gasteiger partial charge in [0.05, 0.1) is 5.92 Å². The van der Waals surface area contributed by atoms with E-state index in [2.05, 4.69) is 20.6 Å². The first-order chi connectivity index (χ1) is 13.5. The molecular formula is C19H20N6O3. The summed E-state index contributed by atoms with van der Waals surface area (Å²) in [4.78, 5) is 26.4. The zero-order valence-corrected chi connectivity index (χ0v) is 15.6. The van der Waals surface area contributed by atoms with Crippen LogP contribution in [0.2, 0.25) is 0 Å². The maximum Gasteiger partial charge on any atom is 0.322 e. The van der Waals surface area contributed by atoms with E-state index in [9.17, 15) is 9.59 Å². The van der Waals surface area contributed by atoms with E-state index in [-0.39, 0.29) is 30.0 Å². The fourth-order valence-corrected chi connectivity index (χ4v) is 3.28. The van der Waals surface area contributed by atoms with Gasteiger partial charge in [0, 0.05) is 30.9 Å². The second-order valence-corrected chi connectivity index (χ2v) is 6.63. The molecule has 1 fully saturated rings. The highest BCUT2D eigenvalue weighted by Crippen LogP contribution is 2.31. The number of carbonyl (C=O) groups excluding carboxylic acids is 2. The maximum atomic E-state index is 12.3. The summed E-state index contributed by atoms with van der Waals surface area (Å²) in [5.74, 6) is -0.302. The molecule has 1 atom stereocenters. The number of para-hydroxylation sites is 1. The van der Waals surface area contributed by atoms with Gasteiger partial charge in [-0.2, -0.15) is 5.10 Å². The Morgan fingerprint density at radius 3 is 2.79 bits per heavy atom. The maximum absolute atomic E-state index is 12.3. The normalized spacial score (nSPS) is 16.6.